The minimum atomic E-state index is -0.188. The van der Waals surface area contributed by atoms with Gasteiger partial charge < -0.3 is 9.64 Å². The van der Waals surface area contributed by atoms with Gasteiger partial charge in [0.25, 0.3) is 5.56 Å². The summed E-state index contributed by atoms with van der Waals surface area (Å²) < 4.78 is 6.74. The van der Waals surface area contributed by atoms with Crippen LogP contribution in [-0.2, 0) is 16.1 Å². The van der Waals surface area contributed by atoms with Crippen LogP contribution in [0.15, 0.2) is 41.2 Å². The highest BCUT2D eigenvalue weighted by Gasteiger charge is 2.30. The lowest BCUT2D eigenvalue weighted by Crippen LogP contribution is -2.20. The molecule has 1 unspecified atom stereocenters. The second kappa shape index (κ2) is 6.42. The molecular weight excluding hydrogens is 332 g/mol. The zero-order valence-electron chi connectivity index (χ0n) is 14.7. The SMILES string of the molecule is COCc1[nH]n2c(=O)cc(C3CC(=O)N(C)C3)nc2c1-c1ccccc1. The van der Waals surface area contributed by atoms with E-state index in [4.69, 9.17) is 9.72 Å². The van der Waals surface area contributed by atoms with E-state index in [2.05, 4.69) is 5.10 Å². The zero-order valence-corrected chi connectivity index (χ0v) is 14.7. The Kier molecular flexibility index (Phi) is 4.08. The quantitative estimate of drug-likeness (QED) is 0.776. The van der Waals surface area contributed by atoms with E-state index < -0.39 is 0 Å². The number of H-pyrrole nitrogens is 1. The molecule has 3 aromatic rings. The predicted molar refractivity (Wildman–Crippen MR) is 97.0 cm³/mol. The van der Waals surface area contributed by atoms with Crippen LogP contribution in [0.3, 0.4) is 0 Å². The lowest BCUT2D eigenvalue weighted by atomic mass is 10.0. The molecule has 0 aliphatic carbocycles. The minimum Gasteiger partial charge on any atom is -0.378 e. The second-order valence-electron chi connectivity index (χ2n) is 6.62. The van der Waals surface area contributed by atoms with Crippen molar-refractivity contribution in [2.75, 3.05) is 20.7 Å². The molecule has 26 heavy (non-hydrogen) atoms. The molecule has 1 saturated heterocycles. The van der Waals surface area contributed by atoms with Crippen molar-refractivity contribution >= 4 is 11.6 Å². The molecular formula is C19H20N4O3. The van der Waals surface area contributed by atoms with Gasteiger partial charge in [0.2, 0.25) is 5.91 Å². The molecule has 1 aromatic carbocycles. The van der Waals surface area contributed by atoms with Crippen LogP contribution in [-0.4, -0.2) is 46.1 Å². The number of hydrogen-bond donors (Lipinski definition) is 1. The Balaban J connectivity index is 1.92. The number of nitrogens with one attached hydrogen (secondary N) is 1. The average molecular weight is 352 g/mol. The average Bonchev–Trinajstić information content (AvgIpc) is 3.16. The normalized spacial score (nSPS) is 17.4. The number of likely N-dealkylation sites (N-methyl/N-ethyl adjacent to an activating group) is 1. The molecule has 134 valence electrons. The lowest BCUT2D eigenvalue weighted by molar-refractivity contribution is -0.126. The zero-order chi connectivity index (χ0) is 18.3. The summed E-state index contributed by atoms with van der Waals surface area (Å²) in [5, 5.41) is 3.11. The van der Waals surface area contributed by atoms with Gasteiger partial charge >= 0.3 is 0 Å². The summed E-state index contributed by atoms with van der Waals surface area (Å²) in [6.07, 6.45) is 0.384. The summed E-state index contributed by atoms with van der Waals surface area (Å²) in [5.74, 6) is 0.0176. The number of carbonyl (C=O) groups is 1. The Morgan fingerprint density at radius 1 is 1.27 bits per heavy atom. The molecule has 0 spiro atoms. The third kappa shape index (κ3) is 2.70. The maximum atomic E-state index is 12.7. The molecule has 2 aromatic heterocycles. The topological polar surface area (TPSA) is 79.7 Å². The Bertz CT molecular complexity index is 1020. The molecule has 1 aliphatic heterocycles. The number of fused-ring (bicyclic) bond motifs is 1. The van der Waals surface area contributed by atoms with Crippen LogP contribution in [0.2, 0.25) is 0 Å². The van der Waals surface area contributed by atoms with E-state index in [-0.39, 0.29) is 17.4 Å². The number of ether oxygens (including phenoxy) is 1. The third-order valence-electron chi connectivity index (χ3n) is 4.82. The maximum absolute atomic E-state index is 12.7. The van der Waals surface area contributed by atoms with Gasteiger partial charge in [0.05, 0.1) is 18.0 Å². The van der Waals surface area contributed by atoms with Crippen LogP contribution in [0.5, 0.6) is 0 Å². The largest absolute Gasteiger partial charge is 0.378 e. The minimum absolute atomic E-state index is 0.0606. The number of likely N-dealkylation sites (tertiary alicyclic amines) is 1. The predicted octanol–water partition coefficient (Wildman–Crippen LogP) is 1.78. The van der Waals surface area contributed by atoms with Gasteiger partial charge in [-0.3, -0.25) is 14.7 Å². The maximum Gasteiger partial charge on any atom is 0.272 e. The Hall–Kier alpha value is -2.93. The van der Waals surface area contributed by atoms with Crippen molar-refractivity contribution in [3.63, 3.8) is 0 Å². The first kappa shape index (κ1) is 16.5. The first-order valence-electron chi connectivity index (χ1n) is 8.51. The number of rotatable bonds is 4. The van der Waals surface area contributed by atoms with E-state index in [1.54, 1.807) is 19.1 Å². The molecule has 3 heterocycles. The molecule has 7 heteroatoms. The van der Waals surface area contributed by atoms with E-state index >= 15 is 0 Å². The smallest absolute Gasteiger partial charge is 0.272 e. The first-order chi connectivity index (χ1) is 12.6. The molecule has 1 atom stereocenters. The van der Waals surface area contributed by atoms with E-state index in [0.29, 0.717) is 30.9 Å². The number of aromatic amines is 1. The van der Waals surface area contributed by atoms with Crippen molar-refractivity contribution in [2.24, 2.45) is 0 Å². The van der Waals surface area contributed by atoms with Crippen LogP contribution in [0.4, 0.5) is 0 Å². The van der Waals surface area contributed by atoms with Crippen molar-refractivity contribution in [3.8, 4) is 11.1 Å². The monoisotopic (exact) mass is 352 g/mol. The molecule has 1 amide bonds. The molecule has 1 aliphatic rings. The fraction of sp³-hybridized carbons (Fsp3) is 0.316. The van der Waals surface area contributed by atoms with Gasteiger partial charge in [-0.15, -0.1) is 0 Å². The highest BCUT2D eigenvalue weighted by Crippen LogP contribution is 2.30. The van der Waals surface area contributed by atoms with Crippen LogP contribution >= 0.6 is 0 Å². The highest BCUT2D eigenvalue weighted by atomic mass is 16.5. The van der Waals surface area contributed by atoms with Gasteiger partial charge in [-0.25, -0.2) is 9.50 Å². The van der Waals surface area contributed by atoms with Crippen LogP contribution in [0.1, 0.15) is 23.7 Å². The fourth-order valence-electron chi connectivity index (χ4n) is 3.53. The van der Waals surface area contributed by atoms with Crippen molar-refractivity contribution < 1.29 is 9.53 Å². The second-order valence-corrected chi connectivity index (χ2v) is 6.62. The number of nitrogens with zero attached hydrogens (tertiary/aromatic N) is 3. The number of amides is 1. The van der Waals surface area contributed by atoms with Gasteiger partial charge in [-0.05, 0) is 5.56 Å². The van der Waals surface area contributed by atoms with E-state index in [0.717, 1.165) is 16.8 Å². The van der Waals surface area contributed by atoms with Gasteiger partial charge in [0, 0.05) is 44.7 Å². The Morgan fingerprint density at radius 2 is 2.04 bits per heavy atom. The first-order valence-corrected chi connectivity index (χ1v) is 8.51. The summed E-state index contributed by atoms with van der Waals surface area (Å²) >= 11 is 0. The summed E-state index contributed by atoms with van der Waals surface area (Å²) in [4.78, 5) is 31.0. The van der Waals surface area contributed by atoms with E-state index in [1.807, 2.05) is 30.3 Å². The Labute approximate surface area is 150 Å². The molecule has 1 fully saturated rings. The highest BCUT2D eigenvalue weighted by molar-refractivity contribution is 5.81. The Morgan fingerprint density at radius 3 is 2.69 bits per heavy atom. The van der Waals surface area contributed by atoms with E-state index in [1.165, 1.54) is 10.6 Å². The molecule has 0 saturated carbocycles. The van der Waals surface area contributed by atoms with Crippen molar-refractivity contribution in [2.45, 2.75) is 18.9 Å². The number of aromatic nitrogens is 3. The summed E-state index contributed by atoms with van der Waals surface area (Å²) in [7, 11) is 3.39. The lowest BCUT2D eigenvalue weighted by Gasteiger charge is -2.10. The van der Waals surface area contributed by atoms with Crippen molar-refractivity contribution in [1.82, 2.24) is 19.5 Å². The summed E-state index contributed by atoms with van der Waals surface area (Å²) in [5.41, 5.74) is 3.64. The molecule has 4 rings (SSSR count). The van der Waals surface area contributed by atoms with Crippen LogP contribution in [0.25, 0.3) is 16.8 Å². The van der Waals surface area contributed by atoms with Gasteiger partial charge in [0.15, 0.2) is 5.65 Å². The number of methoxy groups -OCH3 is 1. The summed E-state index contributed by atoms with van der Waals surface area (Å²) in [6, 6.07) is 11.3. The number of benzene rings is 1. The van der Waals surface area contributed by atoms with Gasteiger partial charge in [0.1, 0.15) is 0 Å². The fourth-order valence-corrected chi connectivity index (χ4v) is 3.53. The molecule has 7 nitrogen and oxygen atoms in total. The molecule has 0 bridgehead atoms. The number of carbonyl (C=O) groups excluding carboxylic acids is 1. The van der Waals surface area contributed by atoms with E-state index in [9.17, 15) is 9.59 Å². The van der Waals surface area contributed by atoms with Crippen molar-refractivity contribution in [3.05, 3.63) is 58.1 Å². The molecule has 0 radical (unpaired) electrons. The van der Waals surface area contributed by atoms with Crippen LogP contribution in [0, 0.1) is 0 Å². The van der Waals surface area contributed by atoms with Gasteiger partial charge in [-0.1, -0.05) is 30.3 Å². The van der Waals surface area contributed by atoms with Crippen LogP contribution < -0.4 is 5.56 Å². The third-order valence-corrected chi connectivity index (χ3v) is 4.82. The van der Waals surface area contributed by atoms with Gasteiger partial charge in [-0.2, -0.15) is 0 Å². The number of hydrogen-bond acceptors (Lipinski definition) is 4. The summed E-state index contributed by atoms with van der Waals surface area (Å²) in [6.45, 7) is 0.921. The molecule has 1 N–H and O–H groups in total. The van der Waals surface area contributed by atoms with Crippen molar-refractivity contribution in [1.29, 1.82) is 0 Å². The standard InChI is InChI=1S/C19H20N4O3/c1-22-10-13(8-16(22)24)14-9-17(25)23-19(20-14)18(15(21-23)11-26-2)12-6-4-3-5-7-12/h3-7,9,13,21H,8,10-11H2,1-2H3.